The summed E-state index contributed by atoms with van der Waals surface area (Å²) in [5.74, 6) is -0.891. The van der Waals surface area contributed by atoms with Gasteiger partial charge in [0.25, 0.3) is 0 Å². The van der Waals surface area contributed by atoms with E-state index >= 15 is 0 Å². The number of rotatable bonds is 5. The molecule has 4 saturated carbocycles. The molecule has 0 aliphatic heterocycles. The number of aliphatic carboxylic acids is 1. The standard InChI is InChI=1S/C35H53NO7/c1-9-42-26(38)20-36-29(41)43-25-11-12-33(6)24(30(25,2)3)10-13-35(8)27(33)23(37)18-21-22-19-32(5,28(39)40)15-14-31(22,4)16-17-34(21,35)7/h18,22,24-25,27H,9-17,19-20H2,1-8H3,(H,36,41)(H,39,40)/t22-,24-,25-,27+,31+,32-,33-,34+,35+/m0/s1. The van der Waals surface area contributed by atoms with Crippen LogP contribution in [0.15, 0.2) is 11.6 Å². The fraction of sp³-hybridized carbons (Fsp3) is 0.829. The summed E-state index contributed by atoms with van der Waals surface area (Å²) >= 11 is 0. The van der Waals surface area contributed by atoms with E-state index in [9.17, 15) is 24.3 Å². The quantitative estimate of drug-likeness (QED) is 0.337. The molecule has 8 nitrogen and oxygen atoms in total. The second kappa shape index (κ2) is 10.3. The number of fused-ring (bicyclic) bond motifs is 7. The molecule has 0 bridgehead atoms. The van der Waals surface area contributed by atoms with Gasteiger partial charge in [-0.2, -0.15) is 0 Å². The molecule has 5 aliphatic rings. The lowest BCUT2D eigenvalue weighted by atomic mass is 9.33. The molecule has 0 radical (unpaired) electrons. The molecule has 1 amide bonds. The normalized spacial score (nSPS) is 44.8. The van der Waals surface area contributed by atoms with E-state index in [4.69, 9.17) is 9.47 Å². The minimum Gasteiger partial charge on any atom is -0.481 e. The summed E-state index contributed by atoms with van der Waals surface area (Å²) in [4.78, 5) is 51.2. The topological polar surface area (TPSA) is 119 Å². The highest BCUT2D eigenvalue weighted by molar-refractivity contribution is 5.95. The molecule has 43 heavy (non-hydrogen) atoms. The van der Waals surface area contributed by atoms with Crippen LogP contribution in [0.2, 0.25) is 0 Å². The van der Waals surface area contributed by atoms with Gasteiger partial charge in [0.2, 0.25) is 0 Å². The van der Waals surface area contributed by atoms with Crippen molar-refractivity contribution >= 4 is 23.8 Å². The van der Waals surface area contributed by atoms with Crippen molar-refractivity contribution in [3.63, 3.8) is 0 Å². The van der Waals surface area contributed by atoms with Crippen molar-refractivity contribution in [3.05, 3.63) is 11.6 Å². The lowest BCUT2D eigenvalue weighted by molar-refractivity contribution is -0.202. The summed E-state index contributed by atoms with van der Waals surface area (Å²) in [7, 11) is 0. The summed E-state index contributed by atoms with van der Waals surface area (Å²) in [5, 5.41) is 12.7. The Kier molecular flexibility index (Phi) is 7.70. The first-order valence-electron chi connectivity index (χ1n) is 16.5. The van der Waals surface area contributed by atoms with Gasteiger partial charge in [-0.25, -0.2) is 4.79 Å². The number of esters is 1. The van der Waals surface area contributed by atoms with E-state index in [0.29, 0.717) is 19.3 Å². The van der Waals surface area contributed by atoms with Crippen molar-refractivity contribution in [1.29, 1.82) is 0 Å². The summed E-state index contributed by atoms with van der Waals surface area (Å²) in [5.41, 5.74) is -0.562. The van der Waals surface area contributed by atoms with E-state index in [1.165, 1.54) is 5.57 Å². The number of amides is 1. The van der Waals surface area contributed by atoms with Crippen LogP contribution in [-0.2, 0) is 23.9 Å². The van der Waals surface area contributed by atoms with Crippen LogP contribution in [0.4, 0.5) is 4.79 Å². The molecule has 5 aliphatic carbocycles. The molecule has 0 aromatic heterocycles. The molecule has 0 aromatic carbocycles. The largest absolute Gasteiger partial charge is 0.481 e. The van der Waals surface area contributed by atoms with Gasteiger partial charge in [-0.1, -0.05) is 47.1 Å². The van der Waals surface area contributed by atoms with Gasteiger partial charge in [-0.3, -0.25) is 14.4 Å². The Morgan fingerprint density at radius 2 is 1.63 bits per heavy atom. The fourth-order valence-electron chi connectivity index (χ4n) is 11.1. The van der Waals surface area contributed by atoms with Crippen LogP contribution >= 0.6 is 0 Å². The van der Waals surface area contributed by atoms with Crippen LogP contribution in [0.25, 0.3) is 0 Å². The number of ketones is 1. The molecule has 0 heterocycles. The number of hydrogen-bond acceptors (Lipinski definition) is 6. The van der Waals surface area contributed by atoms with Crippen LogP contribution in [-0.4, -0.2) is 48.2 Å². The van der Waals surface area contributed by atoms with Crippen molar-refractivity contribution < 1.29 is 33.8 Å². The van der Waals surface area contributed by atoms with E-state index in [0.717, 1.165) is 38.5 Å². The van der Waals surface area contributed by atoms with E-state index in [1.54, 1.807) is 6.92 Å². The first kappa shape index (κ1) is 32.0. The van der Waals surface area contributed by atoms with Gasteiger partial charge in [0.1, 0.15) is 12.6 Å². The van der Waals surface area contributed by atoms with E-state index < -0.39 is 23.4 Å². The van der Waals surface area contributed by atoms with Crippen molar-refractivity contribution in [2.75, 3.05) is 13.2 Å². The van der Waals surface area contributed by atoms with Gasteiger partial charge in [0.05, 0.1) is 12.0 Å². The van der Waals surface area contributed by atoms with Crippen LogP contribution in [0.5, 0.6) is 0 Å². The van der Waals surface area contributed by atoms with Crippen molar-refractivity contribution in [3.8, 4) is 0 Å². The Morgan fingerprint density at radius 3 is 2.28 bits per heavy atom. The highest BCUT2D eigenvalue weighted by atomic mass is 16.6. The van der Waals surface area contributed by atoms with Gasteiger partial charge < -0.3 is 19.9 Å². The third-order valence-electron chi connectivity index (χ3n) is 14.0. The van der Waals surface area contributed by atoms with Gasteiger partial charge in [-0.15, -0.1) is 0 Å². The molecule has 0 unspecified atom stereocenters. The Labute approximate surface area is 257 Å². The smallest absolute Gasteiger partial charge is 0.407 e. The van der Waals surface area contributed by atoms with Crippen LogP contribution in [0.1, 0.15) is 113 Å². The summed E-state index contributed by atoms with van der Waals surface area (Å²) < 4.78 is 10.8. The number of carbonyl (C=O) groups excluding carboxylic acids is 3. The first-order chi connectivity index (χ1) is 19.9. The minimum atomic E-state index is -0.765. The van der Waals surface area contributed by atoms with Crippen molar-refractivity contribution in [2.45, 2.75) is 119 Å². The van der Waals surface area contributed by atoms with E-state index in [1.807, 2.05) is 13.0 Å². The minimum absolute atomic E-state index is 0.0239. The highest BCUT2D eigenvalue weighted by Crippen LogP contribution is 2.75. The SMILES string of the molecule is CCOC(=O)CNC(=O)O[C@H]1CC[C@]2(C)[C@H]3C(=O)C=C4[C@@H]5C[C@@](C)(C(=O)O)CC[C@]5(C)CC[C@@]4(C)[C@]3(C)CC[C@H]2C1(C)C. The number of alkyl carbamates (subject to hydrolysis) is 1. The zero-order chi connectivity index (χ0) is 31.8. The highest BCUT2D eigenvalue weighted by Gasteiger charge is 2.70. The maximum atomic E-state index is 14.5. The second-order valence-electron chi connectivity index (χ2n) is 16.5. The van der Waals surface area contributed by atoms with E-state index in [-0.39, 0.29) is 69.9 Å². The molecule has 0 aromatic rings. The summed E-state index contributed by atoms with van der Waals surface area (Å²) in [6.45, 7) is 17.3. The van der Waals surface area contributed by atoms with Crippen LogP contribution in [0.3, 0.4) is 0 Å². The maximum absolute atomic E-state index is 14.5. The maximum Gasteiger partial charge on any atom is 0.407 e. The third-order valence-corrected chi connectivity index (χ3v) is 14.0. The van der Waals surface area contributed by atoms with Gasteiger partial charge in [-0.05, 0) is 111 Å². The lowest BCUT2D eigenvalue weighted by Crippen LogP contribution is -2.67. The van der Waals surface area contributed by atoms with Gasteiger partial charge in [0.15, 0.2) is 5.78 Å². The zero-order valence-electron chi connectivity index (χ0n) is 27.6. The predicted octanol–water partition coefficient (Wildman–Crippen LogP) is 6.71. The Hall–Kier alpha value is -2.38. The number of allylic oxidation sites excluding steroid dienone is 2. The third kappa shape index (κ3) is 4.67. The molecule has 0 spiro atoms. The molecule has 8 heteroatoms. The molecule has 9 atom stereocenters. The Bertz CT molecular complexity index is 1240. The average Bonchev–Trinajstić information content (AvgIpc) is 2.91. The Balaban J connectivity index is 1.44. The van der Waals surface area contributed by atoms with Crippen molar-refractivity contribution in [2.24, 2.45) is 50.2 Å². The van der Waals surface area contributed by atoms with E-state index in [2.05, 4.69) is 46.9 Å². The summed E-state index contributed by atoms with van der Waals surface area (Å²) in [6.07, 6.45) is 8.54. The van der Waals surface area contributed by atoms with Gasteiger partial charge in [0, 0.05) is 11.3 Å². The van der Waals surface area contributed by atoms with Crippen LogP contribution in [0, 0.1) is 50.2 Å². The zero-order valence-corrected chi connectivity index (χ0v) is 27.6. The molecule has 0 saturated heterocycles. The average molecular weight is 600 g/mol. The molecule has 4 fully saturated rings. The number of carbonyl (C=O) groups is 4. The molecular weight excluding hydrogens is 546 g/mol. The molecule has 2 N–H and O–H groups in total. The number of nitrogens with one attached hydrogen (secondary N) is 1. The first-order valence-corrected chi connectivity index (χ1v) is 16.5. The number of carboxylic acid groups (broad SMARTS) is 1. The molecular formula is C35H53NO7. The second-order valence-corrected chi connectivity index (χ2v) is 16.5. The monoisotopic (exact) mass is 599 g/mol. The lowest BCUT2D eigenvalue weighted by Gasteiger charge is -2.70. The predicted molar refractivity (Wildman–Crippen MR) is 162 cm³/mol. The fourth-order valence-corrected chi connectivity index (χ4v) is 11.1. The number of hydrogen-bond donors (Lipinski definition) is 2. The summed E-state index contributed by atoms with van der Waals surface area (Å²) in [6, 6.07) is 0. The van der Waals surface area contributed by atoms with Crippen molar-refractivity contribution in [1.82, 2.24) is 5.32 Å². The molecule has 240 valence electrons. The Morgan fingerprint density at radius 1 is 0.953 bits per heavy atom. The van der Waals surface area contributed by atoms with Crippen LogP contribution < -0.4 is 5.32 Å². The van der Waals surface area contributed by atoms with Gasteiger partial charge >= 0.3 is 18.0 Å². The molecule has 5 rings (SSSR count). The number of carboxylic acids is 1. The number of ether oxygens (including phenoxy) is 2.